The lowest BCUT2D eigenvalue weighted by molar-refractivity contribution is 0.585. The van der Waals surface area contributed by atoms with E-state index in [1.807, 2.05) is 11.4 Å². The minimum Gasteiger partial charge on any atom is -0.298 e. The predicted octanol–water partition coefficient (Wildman–Crippen LogP) is 2.87. The van der Waals surface area contributed by atoms with Gasteiger partial charge in [0.15, 0.2) is 0 Å². The first-order valence-electron chi connectivity index (χ1n) is 5.31. The van der Waals surface area contributed by atoms with Gasteiger partial charge in [-0.3, -0.25) is 9.36 Å². The number of thiophene rings is 1. The van der Waals surface area contributed by atoms with Gasteiger partial charge in [-0.05, 0) is 24.3 Å². The first-order valence-corrected chi connectivity index (χ1v) is 6.73. The molecule has 5 heteroatoms. The van der Waals surface area contributed by atoms with Crippen molar-refractivity contribution in [1.29, 1.82) is 0 Å². The lowest BCUT2D eigenvalue weighted by Crippen LogP contribution is -2.19. The Labute approximate surface area is 103 Å². The van der Waals surface area contributed by atoms with E-state index < -0.39 is 0 Å². The molecule has 16 heavy (non-hydrogen) atoms. The Morgan fingerprint density at radius 2 is 2.25 bits per heavy atom. The molecule has 2 aromatic rings. The lowest BCUT2D eigenvalue weighted by atomic mass is 10.2. The highest BCUT2D eigenvalue weighted by Crippen LogP contribution is 2.13. The molecule has 0 aliphatic rings. The summed E-state index contributed by atoms with van der Waals surface area (Å²) in [4.78, 5) is 16.2. The second-order valence-corrected chi connectivity index (χ2v) is 4.92. The van der Waals surface area contributed by atoms with Crippen LogP contribution in [0, 0.1) is 0 Å². The third kappa shape index (κ3) is 2.44. The van der Waals surface area contributed by atoms with E-state index in [1.54, 1.807) is 10.9 Å². The van der Waals surface area contributed by atoms with Gasteiger partial charge >= 0.3 is 0 Å². The zero-order valence-corrected chi connectivity index (χ0v) is 10.4. The third-order valence-electron chi connectivity index (χ3n) is 2.47. The highest BCUT2D eigenvalue weighted by Gasteiger charge is 2.04. The van der Waals surface area contributed by atoms with Crippen LogP contribution in [0.2, 0.25) is 0 Å². The summed E-state index contributed by atoms with van der Waals surface area (Å²) in [7, 11) is 0. The van der Waals surface area contributed by atoms with E-state index in [1.165, 1.54) is 11.3 Å². The van der Waals surface area contributed by atoms with Crippen LogP contribution in [0.5, 0.6) is 0 Å². The summed E-state index contributed by atoms with van der Waals surface area (Å²) >= 11 is 7.05. The summed E-state index contributed by atoms with van der Waals surface area (Å²) in [6.07, 6.45) is 4.67. The van der Waals surface area contributed by atoms with Crippen molar-refractivity contribution >= 4 is 33.2 Å². The van der Waals surface area contributed by atoms with Gasteiger partial charge in [-0.1, -0.05) is 6.42 Å². The van der Waals surface area contributed by atoms with E-state index in [0.29, 0.717) is 5.88 Å². The second-order valence-electron chi connectivity index (χ2n) is 3.63. The van der Waals surface area contributed by atoms with E-state index in [9.17, 15) is 4.79 Å². The molecule has 0 aliphatic heterocycles. The van der Waals surface area contributed by atoms with E-state index in [4.69, 9.17) is 11.6 Å². The smallest absolute Gasteiger partial charge is 0.271 e. The van der Waals surface area contributed by atoms with Crippen molar-refractivity contribution in [3.63, 3.8) is 0 Å². The minimum atomic E-state index is 0.0749. The van der Waals surface area contributed by atoms with Gasteiger partial charge in [0.05, 0.1) is 11.8 Å². The molecule has 2 aromatic heterocycles. The van der Waals surface area contributed by atoms with E-state index in [0.717, 1.165) is 36.0 Å². The molecule has 0 saturated heterocycles. The van der Waals surface area contributed by atoms with Gasteiger partial charge in [0.1, 0.15) is 4.70 Å². The average Bonchev–Trinajstić information content (AvgIpc) is 2.76. The Balaban J connectivity index is 2.12. The predicted molar refractivity (Wildman–Crippen MR) is 68.5 cm³/mol. The maximum atomic E-state index is 12.0. The molecule has 0 N–H and O–H groups in total. The Bertz CT molecular complexity index is 520. The van der Waals surface area contributed by atoms with Crippen LogP contribution in [-0.2, 0) is 6.54 Å². The fraction of sp³-hybridized carbons (Fsp3) is 0.455. The zero-order chi connectivity index (χ0) is 11.4. The Hall–Kier alpha value is -0.870. The minimum absolute atomic E-state index is 0.0749. The topological polar surface area (TPSA) is 34.9 Å². The van der Waals surface area contributed by atoms with E-state index in [-0.39, 0.29) is 5.56 Å². The van der Waals surface area contributed by atoms with E-state index in [2.05, 4.69) is 4.98 Å². The van der Waals surface area contributed by atoms with Crippen LogP contribution in [0.4, 0.5) is 0 Å². The van der Waals surface area contributed by atoms with Crippen LogP contribution < -0.4 is 5.56 Å². The number of fused-ring (bicyclic) bond motifs is 1. The van der Waals surface area contributed by atoms with Gasteiger partial charge < -0.3 is 0 Å². The van der Waals surface area contributed by atoms with Crippen LogP contribution in [-0.4, -0.2) is 15.4 Å². The standard InChI is InChI=1S/C11H13ClN2OS/c12-5-2-1-3-6-14-8-13-9-4-7-16-10(9)11(14)15/h4,7-8H,1-3,5-6H2. The molecule has 0 atom stereocenters. The van der Waals surface area contributed by atoms with Crippen LogP contribution in [0.3, 0.4) is 0 Å². The highest BCUT2D eigenvalue weighted by molar-refractivity contribution is 7.17. The molecular weight excluding hydrogens is 244 g/mol. The Morgan fingerprint density at radius 3 is 3.06 bits per heavy atom. The zero-order valence-electron chi connectivity index (χ0n) is 8.86. The third-order valence-corrected chi connectivity index (χ3v) is 3.63. The Morgan fingerprint density at radius 1 is 1.38 bits per heavy atom. The second kappa shape index (κ2) is 5.46. The molecule has 0 saturated carbocycles. The summed E-state index contributed by atoms with van der Waals surface area (Å²) in [5.41, 5.74) is 0.873. The van der Waals surface area contributed by atoms with Crippen molar-refractivity contribution in [2.75, 3.05) is 5.88 Å². The SMILES string of the molecule is O=c1c2sccc2ncn1CCCCCCl. The summed E-state index contributed by atoms with van der Waals surface area (Å²) in [6.45, 7) is 0.733. The fourth-order valence-electron chi connectivity index (χ4n) is 1.59. The van der Waals surface area contributed by atoms with Crippen LogP contribution in [0.1, 0.15) is 19.3 Å². The largest absolute Gasteiger partial charge is 0.298 e. The molecule has 0 amide bonds. The Kier molecular flexibility index (Phi) is 3.96. The van der Waals surface area contributed by atoms with Crippen LogP contribution >= 0.6 is 22.9 Å². The van der Waals surface area contributed by atoms with Gasteiger partial charge in [0, 0.05) is 12.4 Å². The molecule has 0 unspecified atom stereocenters. The number of aromatic nitrogens is 2. The monoisotopic (exact) mass is 256 g/mol. The maximum Gasteiger partial charge on any atom is 0.271 e. The molecule has 0 radical (unpaired) electrons. The number of hydrogen-bond donors (Lipinski definition) is 0. The van der Waals surface area contributed by atoms with Crippen molar-refractivity contribution < 1.29 is 0 Å². The summed E-state index contributed by atoms with van der Waals surface area (Å²) < 4.78 is 2.44. The van der Waals surface area contributed by atoms with Gasteiger partial charge in [-0.15, -0.1) is 22.9 Å². The molecule has 86 valence electrons. The number of hydrogen-bond acceptors (Lipinski definition) is 3. The number of rotatable bonds is 5. The van der Waals surface area contributed by atoms with Gasteiger partial charge in [-0.2, -0.15) is 0 Å². The van der Waals surface area contributed by atoms with Gasteiger partial charge in [0.2, 0.25) is 0 Å². The molecule has 0 fully saturated rings. The number of alkyl halides is 1. The first-order chi connectivity index (χ1) is 7.83. The van der Waals surface area contributed by atoms with Crippen molar-refractivity contribution in [1.82, 2.24) is 9.55 Å². The fourth-order valence-corrected chi connectivity index (χ4v) is 2.57. The van der Waals surface area contributed by atoms with Gasteiger partial charge in [-0.25, -0.2) is 4.98 Å². The normalized spacial score (nSPS) is 11.1. The quantitative estimate of drug-likeness (QED) is 0.609. The molecule has 0 aliphatic carbocycles. The maximum absolute atomic E-state index is 12.0. The first kappa shape index (κ1) is 11.6. The molecule has 0 spiro atoms. The number of nitrogens with zero attached hydrogens (tertiary/aromatic N) is 2. The number of aryl methyl sites for hydroxylation is 1. The molecule has 2 rings (SSSR count). The average molecular weight is 257 g/mol. The molecule has 0 bridgehead atoms. The van der Waals surface area contributed by atoms with Crippen LogP contribution in [0.15, 0.2) is 22.6 Å². The summed E-state index contributed by atoms with van der Waals surface area (Å²) in [5, 5.41) is 1.90. The molecule has 3 nitrogen and oxygen atoms in total. The highest BCUT2D eigenvalue weighted by atomic mass is 35.5. The van der Waals surface area contributed by atoms with Gasteiger partial charge in [0.25, 0.3) is 5.56 Å². The van der Waals surface area contributed by atoms with Crippen LogP contribution in [0.25, 0.3) is 10.2 Å². The summed E-state index contributed by atoms with van der Waals surface area (Å²) in [6, 6.07) is 1.87. The summed E-state index contributed by atoms with van der Waals surface area (Å²) in [5.74, 6) is 0.692. The van der Waals surface area contributed by atoms with E-state index >= 15 is 0 Å². The lowest BCUT2D eigenvalue weighted by Gasteiger charge is -2.03. The van der Waals surface area contributed by atoms with Crippen molar-refractivity contribution in [2.45, 2.75) is 25.8 Å². The number of halogens is 1. The molecule has 0 aromatic carbocycles. The van der Waals surface area contributed by atoms with Crippen molar-refractivity contribution in [3.8, 4) is 0 Å². The number of unbranched alkanes of at least 4 members (excludes halogenated alkanes) is 2. The van der Waals surface area contributed by atoms with Crippen molar-refractivity contribution in [2.24, 2.45) is 0 Å². The molecule has 2 heterocycles. The van der Waals surface area contributed by atoms with Crippen molar-refractivity contribution in [3.05, 3.63) is 28.1 Å². The molecular formula is C11H13ClN2OS.